The molecule has 2 aromatic heterocycles. The predicted octanol–water partition coefficient (Wildman–Crippen LogP) is 4.87. The number of fused-ring (bicyclic) bond motifs is 1. The summed E-state index contributed by atoms with van der Waals surface area (Å²) in [7, 11) is 0. The van der Waals surface area contributed by atoms with Crippen molar-refractivity contribution in [2.75, 3.05) is 18.4 Å². The van der Waals surface area contributed by atoms with Crippen LogP contribution in [0.15, 0.2) is 42.9 Å². The molecule has 11 heteroatoms. The number of aromatic nitrogens is 4. The number of amides is 1. The fourth-order valence-electron chi connectivity index (χ4n) is 8.39. The van der Waals surface area contributed by atoms with Crippen molar-refractivity contribution in [3.8, 4) is 5.69 Å². The minimum atomic E-state index is -4.78. The fraction of sp³-hybridized carbons (Fsp3) is 0.533. The molecule has 4 fully saturated rings. The molecule has 1 atom stereocenters. The largest absolute Gasteiger partial charge is 0.434 e. The maximum Gasteiger partial charge on any atom is 0.434 e. The smallest absolute Gasteiger partial charge is 0.391 e. The van der Waals surface area contributed by atoms with E-state index in [1.165, 1.54) is 42.6 Å². The minimum Gasteiger partial charge on any atom is -0.391 e. The maximum atomic E-state index is 14.2. The number of anilines is 1. The second-order valence-electron chi connectivity index (χ2n) is 12.5. The van der Waals surface area contributed by atoms with Crippen LogP contribution in [-0.4, -0.2) is 54.9 Å². The molecule has 3 aromatic rings. The molecule has 4 bridgehead atoms. The van der Waals surface area contributed by atoms with E-state index in [1.54, 1.807) is 18.2 Å². The SMILES string of the molecule is O=C(c1cnn(-c2ccccc2)c1C(F)(F)F)N1CCc2c(ncnc2NCC(O)C23CC4CC(CC(C4)C2)C3)C1. The van der Waals surface area contributed by atoms with Crippen LogP contribution in [0.3, 0.4) is 0 Å². The molecule has 1 unspecified atom stereocenters. The normalized spacial score (nSPS) is 27.5. The van der Waals surface area contributed by atoms with Crippen LogP contribution in [0.2, 0.25) is 0 Å². The number of hydrogen-bond acceptors (Lipinski definition) is 6. The van der Waals surface area contributed by atoms with Crippen LogP contribution in [0.5, 0.6) is 0 Å². The highest BCUT2D eigenvalue weighted by Crippen LogP contribution is 2.61. The molecule has 216 valence electrons. The quantitative estimate of drug-likeness (QED) is 0.442. The highest BCUT2D eigenvalue weighted by Gasteiger charge is 2.54. The van der Waals surface area contributed by atoms with Crippen molar-refractivity contribution in [1.82, 2.24) is 24.6 Å². The molecule has 4 aliphatic carbocycles. The summed E-state index contributed by atoms with van der Waals surface area (Å²) in [6, 6.07) is 7.96. The summed E-state index contributed by atoms with van der Waals surface area (Å²) in [5.74, 6) is 2.10. The number of alkyl halides is 3. The summed E-state index contributed by atoms with van der Waals surface area (Å²) in [5, 5.41) is 18.6. The van der Waals surface area contributed by atoms with Gasteiger partial charge in [-0.2, -0.15) is 18.3 Å². The molecule has 3 heterocycles. The predicted molar refractivity (Wildman–Crippen MR) is 144 cm³/mol. The van der Waals surface area contributed by atoms with Gasteiger partial charge in [-0.1, -0.05) is 18.2 Å². The third-order valence-electron chi connectivity index (χ3n) is 9.82. The van der Waals surface area contributed by atoms with Crippen molar-refractivity contribution in [3.05, 3.63) is 65.4 Å². The van der Waals surface area contributed by atoms with E-state index in [4.69, 9.17) is 0 Å². The number of aliphatic hydroxyl groups is 1. The molecule has 0 saturated heterocycles. The lowest BCUT2D eigenvalue weighted by molar-refractivity contribution is -0.143. The zero-order chi connectivity index (χ0) is 28.4. The van der Waals surface area contributed by atoms with Gasteiger partial charge in [-0.15, -0.1) is 0 Å². The van der Waals surface area contributed by atoms with Gasteiger partial charge in [0, 0.05) is 18.7 Å². The van der Waals surface area contributed by atoms with Crippen LogP contribution in [0, 0.1) is 23.2 Å². The molecule has 1 aliphatic heterocycles. The number of hydrogen-bond donors (Lipinski definition) is 2. The van der Waals surface area contributed by atoms with E-state index in [0.717, 1.165) is 53.5 Å². The van der Waals surface area contributed by atoms with Crippen LogP contribution in [0.25, 0.3) is 5.69 Å². The summed E-state index contributed by atoms with van der Waals surface area (Å²) >= 11 is 0. The van der Waals surface area contributed by atoms with Gasteiger partial charge in [-0.3, -0.25) is 4.79 Å². The number of halogens is 3. The lowest BCUT2D eigenvalue weighted by Crippen LogP contribution is -2.53. The second kappa shape index (κ2) is 9.82. The number of nitrogens with one attached hydrogen (secondary N) is 1. The Morgan fingerprint density at radius 1 is 1.07 bits per heavy atom. The molecule has 0 spiro atoms. The van der Waals surface area contributed by atoms with Crippen LogP contribution in [0.4, 0.5) is 19.0 Å². The first-order valence-electron chi connectivity index (χ1n) is 14.4. The van der Waals surface area contributed by atoms with E-state index in [9.17, 15) is 23.1 Å². The van der Waals surface area contributed by atoms with Gasteiger partial charge in [-0.05, 0) is 80.2 Å². The molecule has 2 N–H and O–H groups in total. The van der Waals surface area contributed by atoms with Crippen molar-refractivity contribution >= 4 is 11.7 Å². The third-order valence-corrected chi connectivity index (χ3v) is 9.82. The Hall–Kier alpha value is -3.47. The third kappa shape index (κ3) is 4.67. The second-order valence-corrected chi connectivity index (χ2v) is 12.5. The van der Waals surface area contributed by atoms with E-state index in [-0.39, 0.29) is 24.2 Å². The summed E-state index contributed by atoms with van der Waals surface area (Å²) in [5.41, 5.74) is 0.0557. The standard InChI is InChI=1S/C30H33F3N6O2/c31-30(32,33)26-23(14-37-39(26)21-4-2-1-3-5-21)28(41)38-7-6-22-24(16-38)35-17-36-27(22)34-15-25(40)29-11-18-8-19(12-29)10-20(9-18)13-29/h1-5,14,17-20,25,40H,6-13,15-16H2,(H,34,35,36). The minimum absolute atomic E-state index is 0.0154. The summed E-state index contributed by atoms with van der Waals surface area (Å²) in [4.78, 5) is 23.6. The van der Waals surface area contributed by atoms with Crippen LogP contribution >= 0.6 is 0 Å². The highest BCUT2D eigenvalue weighted by atomic mass is 19.4. The number of carbonyl (C=O) groups excluding carboxylic acids is 1. The number of nitrogens with zero attached hydrogens (tertiary/aromatic N) is 5. The first-order valence-corrected chi connectivity index (χ1v) is 14.4. The van der Waals surface area contributed by atoms with Crippen molar-refractivity contribution in [3.63, 3.8) is 0 Å². The van der Waals surface area contributed by atoms with Crippen molar-refractivity contribution < 1.29 is 23.1 Å². The van der Waals surface area contributed by atoms with Gasteiger partial charge in [0.05, 0.1) is 35.8 Å². The number of carbonyl (C=O) groups is 1. The Morgan fingerprint density at radius 2 is 1.76 bits per heavy atom. The Labute approximate surface area is 236 Å². The van der Waals surface area contributed by atoms with E-state index < -0.39 is 29.4 Å². The Bertz CT molecular complexity index is 1420. The van der Waals surface area contributed by atoms with E-state index >= 15 is 0 Å². The van der Waals surface area contributed by atoms with Crippen molar-refractivity contribution in [1.29, 1.82) is 0 Å². The molecule has 8 rings (SSSR count). The van der Waals surface area contributed by atoms with E-state index in [0.29, 0.717) is 24.5 Å². The summed E-state index contributed by atoms with van der Waals surface area (Å²) in [6.07, 6.45) is 4.78. The van der Waals surface area contributed by atoms with Crippen molar-refractivity contribution in [2.24, 2.45) is 23.2 Å². The zero-order valence-corrected chi connectivity index (χ0v) is 22.6. The van der Waals surface area contributed by atoms with Crippen LogP contribution in [0.1, 0.15) is 65.8 Å². The van der Waals surface area contributed by atoms with Gasteiger partial charge in [0.1, 0.15) is 12.1 Å². The number of para-hydroxylation sites is 1. The molecule has 0 radical (unpaired) electrons. The number of aliphatic hydroxyl groups excluding tert-OH is 1. The molecule has 8 nitrogen and oxygen atoms in total. The van der Waals surface area contributed by atoms with Gasteiger partial charge >= 0.3 is 6.18 Å². The van der Waals surface area contributed by atoms with Gasteiger partial charge < -0.3 is 15.3 Å². The Kier molecular flexibility index (Phi) is 6.33. The molecule has 5 aliphatic rings. The van der Waals surface area contributed by atoms with Gasteiger partial charge in [0.2, 0.25) is 0 Å². The fourth-order valence-corrected chi connectivity index (χ4v) is 8.39. The molecule has 4 saturated carbocycles. The molecule has 1 aromatic carbocycles. The maximum absolute atomic E-state index is 14.2. The van der Waals surface area contributed by atoms with Gasteiger partial charge in [-0.25, -0.2) is 14.6 Å². The highest BCUT2D eigenvalue weighted by molar-refractivity contribution is 5.95. The Balaban J connectivity index is 1.07. The average Bonchev–Trinajstić information content (AvgIpc) is 3.41. The number of benzene rings is 1. The molecular formula is C30H33F3N6O2. The average molecular weight is 567 g/mol. The molecule has 41 heavy (non-hydrogen) atoms. The van der Waals surface area contributed by atoms with Gasteiger partial charge in [0.25, 0.3) is 5.91 Å². The number of rotatable bonds is 6. The first kappa shape index (κ1) is 26.4. The van der Waals surface area contributed by atoms with E-state index in [2.05, 4.69) is 20.4 Å². The zero-order valence-electron chi connectivity index (χ0n) is 22.6. The topological polar surface area (TPSA) is 96.2 Å². The van der Waals surface area contributed by atoms with E-state index in [1.807, 2.05) is 0 Å². The van der Waals surface area contributed by atoms with Gasteiger partial charge in [0.15, 0.2) is 5.69 Å². The molecular weight excluding hydrogens is 533 g/mol. The lowest BCUT2D eigenvalue weighted by Gasteiger charge is -2.58. The monoisotopic (exact) mass is 566 g/mol. The van der Waals surface area contributed by atoms with Crippen LogP contribution in [-0.2, 0) is 19.1 Å². The van der Waals surface area contributed by atoms with Crippen molar-refractivity contribution in [2.45, 2.75) is 63.8 Å². The Morgan fingerprint density at radius 3 is 2.41 bits per heavy atom. The first-order chi connectivity index (χ1) is 19.7. The van der Waals surface area contributed by atoms with Crippen LogP contribution < -0.4 is 5.32 Å². The lowest BCUT2D eigenvalue weighted by atomic mass is 9.48. The summed E-state index contributed by atoms with van der Waals surface area (Å²) in [6.45, 7) is 0.682. The molecule has 1 amide bonds. The summed E-state index contributed by atoms with van der Waals surface area (Å²) < 4.78 is 43.2.